The number of carbonyl (C=O) groups excluding carboxylic acids is 1. The summed E-state index contributed by atoms with van der Waals surface area (Å²) >= 11 is 0. The van der Waals surface area contributed by atoms with Crippen molar-refractivity contribution < 1.29 is 4.79 Å². The lowest BCUT2D eigenvalue weighted by Crippen LogP contribution is -2.38. The Morgan fingerprint density at radius 1 is 1.24 bits per heavy atom. The van der Waals surface area contributed by atoms with E-state index in [-0.39, 0.29) is 5.91 Å². The van der Waals surface area contributed by atoms with Crippen molar-refractivity contribution >= 4 is 16.9 Å². The van der Waals surface area contributed by atoms with Crippen LogP contribution in [-0.4, -0.2) is 33.9 Å². The lowest BCUT2D eigenvalue weighted by atomic mass is 9.90. The van der Waals surface area contributed by atoms with Crippen LogP contribution in [0.2, 0.25) is 0 Å². The highest BCUT2D eigenvalue weighted by molar-refractivity contribution is 5.80. The largest absolute Gasteiger partial charge is 0.360 e. The predicted molar refractivity (Wildman–Crippen MR) is 99.5 cm³/mol. The number of benzene rings is 1. The molecule has 0 unspecified atom stereocenters. The van der Waals surface area contributed by atoms with Crippen molar-refractivity contribution in [3.05, 3.63) is 65.5 Å². The highest BCUT2D eigenvalue weighted by Crippen LogP contribution is 2.32. The van der Waals surface area contributed by atoms with E-state index >= 15 is 0 Å². The van der Waals surface area contributed by atoms with Crippen molar-refractivity contribution in [3.8, 4) is 0 Å². The zero-order valence-corrected chi connectivity index (χ0v) is 14.5. The molecule has 1 aromatic carbocycles. The fraction of sp³-hybridized carbons (Fsp3) is 0.333. The van der Waals surface area contributed by atoms with E-state index in [9.17, 15) is 4.79 Å². The van der Waals surface area contributed by atoms with Gasteiger partial charge in [-0.3, -0.25) is 9.78 Å². The van der Waals surface area contributed by atoms with Crippen LogP contribution in [-0.2, 0) is 11.2 Å². The number of rotatable bonds is 3. The number of amides is 1. The Balaban J connectivity index is 1.40. The maximum atomic E-state index is 12.6. The highest BCUT2D eigenvalue weighted by Gasteiger charge is 2.25. The molecule has 1 aliphatic heterocycles. The number of carbonyl (C=O) groups is 1. The minimum Gasteiger partial charge on any atom is -0.360 e. The van der Waals surface area contributed by atoms with Gasteiger partial charge in [-0.1, -0.05) is 29.8 Å². The maximum Gasteiger partial charge on any atom is 0.226 e. The van der Waals surface area contributed by atoms with Crippen LogP contribution in [0.5, 0.6) is 0 Å². The monoisotopic (exact) mass is 333 g/mol. The summed E-state index contributed by atoms with van der Waals surface area (Å²) in [6, 6.07) is 12.2. The molecule has 0 spiro atoms. The van der Waals surface area contributed by atoms with Crippen LogP contribution in [0.4, 0.5) is 0 Å². The Bertz CT molecular complexity index is 891. The second-order valence-corrected chi connectivity index (χ2v) is 6.96. The van der Waals surface area contributed by atoms with E-state index < -0.39 is 0 Å². The number of pyridine rings is 1. The van der Waals surface area contributed by atoms with Crippen molar-refractivity contribution in [1.29, 1.82) is 0 Å². The summed E-state index contributed by atoms with van der Waals surface area (Å²) in [6.45, 7) is 3.72. The molecular formula is C21H23N3O. The normalized spacial score (nSPS) is 15.6. The minimum absolute atomic E-state index is 0.237. The molecule has 4 nitrogen and oxygen atoms in total. The van der Waals surface area contributed by atoms with Gasteiger partial charge in [0.1, 0.15) is 0 Å². The van der Waals surface area contributed by atoms with Crippen LogP contribution >= 0.6 is 0 Å². The summed E-state index contributed by atoms with van der Waals surface area (Å²) in [5.74, 6) is 0.716. The maximum absolute atomic E-state index is 12.6. The Morgan fingerprint density at radius 2 is 2.08 bits per heavy atom. The van der Waals surface area contributed by atoms with Gasteiger partial charge in [-0.15, -0.1) is 0 Å². The molecule has 1 aliphatic rings. The van der Waals surface area contributed by atoms with Gasteiger partial charge in [0.15, 0.2) is 0 Å². The molecule has 1 N–H and O–H groups in total. The Hall–Kier alpha value is -2.62. The molecule has 0 saturated carbocycles. The molecule has 3 heterocycles. The Morgan fingerprint density at radius 3 is 2.88 bits per heavy atom. The molecule has 2 aromatic heterocycles. The number of hydrogen-bond donors (Lipinski definition) is 1. The average molecular weight is 333 g/mol. The zero-order valence-electron chi connectivity index (χ0n) is 14.5. The summed E-state index contributed by atoms with van der Waals surface area (Å²) < 4.78 is 0. The van der Waals surface area contributed by atoms with Crippen molar-refractivity contribution in [3.63, 3.8) is 0 Å². The summed E-state index contributed by atoms with van der Waals surface area (Å²) in [5.41, 5.74) is 5.77. The molecule has 25 heavy (non-hydrogen) atoms. The molecule has 0 atom stereocenters. The molecule has 4 rings (SSSR count). The van der Waals surface area contributed by atoms with E-state index in [1.807, 2.05) is 29.3 Å². The van der Waals surface area contributed by atoms with Gasteiger partial charge in [0.25, 0.3) is 0 Å². The van der Waals surface area contributed by atoms with Crippen molar-refractivity contribution in [2.75, 3.05) is 13.1 Å². The van der Waals surface area contributed by atoms with Gasteiger partial charge in [0.2, 0.25) is 5.91 Å². The first-order valence-electron chi connectivity index (χ1n) is 8.96. The number of nitrogens with zero attached hydrogens (tertiary/aromatic N) is 2. The third-order valence-electron chi connectivity index (χ3n) is 5.19. The number of aryl methyl sites for hydroxylation is 1. The molecule has 1 amide bonds. The quantitative estimate of drug-likeness (QED) is 0.792. The third-order valence-corrected chi connectivity index (χ3v) is 5.19. The van der Waals surface area contributed by atoms with Gasteiger partial charge >= 0.3 is 0 Å². The van der Waals surface area contributed by atoms with Gasteiger partial charge < -0.3 is 9.88 Å². The van der Waals surface area contributed by atoms with Crippen molar-refractivity contribution in [2.45, 2.75) is 32.1 Å². The van der Waals surface area contributed by atoms with Crippen LogP contribution < -0.4 is 0 Å². The molecule has 3 aromatic rings. The van der Waals surface area contributed by atoms with Crippen LogP contribution in [0.25, 0.3) is 11.0 Å². The summed E-state index contributed by atoms with van der Waals surface area (Å²) in [7, 11) is 0. The number of H-pyrrole nitrogens is 1. The van der Waals surface area contributed by atoms with E-state index in [1.54, 1.807) is 0 Å². The standard InChI is InChI=1S/C21H23N3O/c1-15-4-2-5-16(12-15)13-20(25)24-10-7-17(8-11-24)18-14-23-19-6-3-9-22-21(18)19/h2-6,9,12,14,17,23H,7-8,10-11,13H2,1H3. The second kappa shape index (κ2) is 6.71. The van der Waals surface area contributed by atoms with Gasteiger partial charge in [-0.05, 0) is 48.9 Å². The highest BCUT2D eigenvalue weighted by atomic mass is 16.2. The lowest BCUT2D eigenvalue weighted by molar-refractivity contribution is -0.131. The van der Waals surface area contributed by atoms with Crippen LogP contribution in [0, 0.1) is 6.92 Å². The molecular weight excluding hydrogens is 310 g/mol. The molecule has 0 bridgehead atoms. The van der Waals surface area contributed by atoms with Crippen LogP contribution in [0.3, 0.4) is 0 Å². The van der Waals surface area contributed by atoms with Crippen LogP contribution in [0.15, 0.2) is 48.8 Å². The second-order valence-electron chi connectivity index (χ2n) is 6.96. The summed E-state index contributed by atoms with van der Waals surface area (Å²) in [6.07, 6.45) is 6.44. The molecule has 1 saturated heterocycles. The van der Waals surface area contributed by atoms with E-state index in [4.69, 9.17) is 0 Å². The van der Waals surface area contributed by atoms with E-state index in [0.717, 1.165) is 42.5 Å². The number of nitrogens with one attached hydrogen (secondary N) is 1. The molecule has 4 heteroatoms. The van der Waals surface area contributed by atoms with Gasteiger partial charge in [-0.25, -0.2) is 0 Å². The first kappa shape index (κ1) is 15.9. The smallest absolute Gasteiger partial charge is 0.226 e. The number of aromatic amines is 1. The average Bonchev–Trinajstić information content (AvgIpc) is 3.06. The van der Waals surface area contributed by atoms with Crippen LogP contribution in [0.1, 0.15) is 35.4 Å². The minimum atomic E-state index is 0.237. The van der Waals surface area contributed by atoms with Crippen molar-refractivity contribution in [1.82, 2.24) is 14.9 Å². The Labute approximate surface area is 147 Å². The number of fused-ring (bicyclic) bond motifs is 1. The number of piperidine rings is 1. The molecule has 128 valence electrons. The van der Waals surface area contributed by atoms with E-state index in [2.05, 4.69) is 41.3 Å². The number of likely N-dealkylation sites (tertiary alicyclic amines) is 1. The van der Waals surface area contributed by atoms with Gasteiger partial charge in [-0.2, -0.15) is 0 Å². The first-order chi connectivity index (χ1) is 12.2. The summed E-state index contributed by atoms with van der Waals surface area (Å²) in [5, 5.41) is 0. The Kier molecular flexibility index (Phi) is 4.26. The fourth-order valence-electron chi connectivity index (χ4n) is 3.84. The van der Waals surface area contributed by atoms with E-state index in [0.29, 0.717) is 12.3 Å². The van der Waals surface area contributed by atoms with Crippen molar-refractivity contribution in [2.24, 2.45) is 0 Å². The van der Waals surface area contributed by atoms with E-state index in [1.165, 1.54) is 11.1 Å². The zero-order chi connectivity index (χ0) is 17.2. The number of hydrogen-bond acceptors (Lipinski definition) is 2. The third kappa shape index (κ3) is 3.29. The number of aromatic nitrogens is 2. The molecule has 0 aliphatic carbocycles. The van der Waals surface area contributed by atoms with Gasteiger partial charge in [0, 0.05) is 25.5 Å². The summed E-state index contributed by atoms with van der Waals surface area (Å²) in [4.78, 5) is 22.4. The SMILES string of the molecule is Cc1cccc(CC(=O)N2CCC(c3c[nH]c4cccnc34)CC2)c1. The molecule has 1 fully saturated rings. The molecule has 0 radical (unpaired) electrons. The lowest BCUT2D eigenvalue weighted by Gasteiger charge is -2.32. The predicted octanol–water partition coefficient (Wildman–Crippen LogP) is 3.82. The first-order valence-corrected chi connectivity index (χ1v) is 8.96. The topological polar surface area (TPSA) is 49.0 Å². The fourth-order valence-corrected chi connectivity index (χ4v) is 3.84. The van der Waals surface area contributed by atoms with Gasteiger partial charge in [0.05, 0.1) is 17.5 Å².